The molecule has 0 bridgehead atoms. The van der Waals surface area contributed by atoms with Crippen LogP contribution in [-0.2, 0) is 16.1 Å². The van der Waals surface area contributed by atoms with Gasteiger partial charge >= 0.3 is 0 Å². The van der Waals surface area contributed by atoms with Gasteiger partial charge in [0.25, 0.3) is 11.8 Å². The maximum Gasteiger partial charge on any atom is 0.271 e. The van der Waals surface area contributed by atoms with Crippen molar-refractivity contribution in [2.75, 3.05) is 12.4 Å². The number of carbonyl (C=O) groups excluding carboxylic acids is 3. The molecule has 0 saturated carbocycles. The van der Waals surface area contributed by atoms with E-state index in [4.69, 9.17) is 4.74 Å². The van der Waals surface area contributed by atoms with E-state index in [1.807, 2.05) is 61.2 Å². The number of nitrogens with one attached hydrogen (secondary N) is 2. The van der Waals surface area contributed by atoms with Gasteiger partial charge in [-0.2, -0.15) is 5.10 Å². The number of rotatable bonds is 10. The average molecular weight is 531 g/mol. The highest BCUT2D eigenvalue weighted by Crippen LogP contribution is 2.39. The smallest absolute Gasteiger partial charge is 0.271 e. The van der Waals surface area contributed by atoms with Crippen molar-refractivity contribution >= 4 is 35.7 Å². The topological polar surface area (TPSA) is 100 Å². The third-order valence-corrected chi connectivity index (χ3v) is 6.96. The molecule has 3 aromatic carbocycles. The molecular formula is C29H30N4O4S. The molecule has 9 heteroatoms. The fourth-order valence-corrected chi connectivity index (χ4v) is 5.06. The minimum atomic E-state index is -0.333. The Morgan fingerprint density at radius 3 is 2.45 bits per heavy atom. The second kappa shape index (κ2) is 12.9. The van der Waals surface area contributed by atoms with Crippen LogP contribution in [0.4, 0.5) is 0 Å². The fourth-order valence-electron chi connectivity index (χ4n) is 3.87. The Morgan fingerprint density at radius 1 is 1.05 bits per heavy atom. The van der Waals surface area contributed by atoms with Crippen molar-refractivity contribution in [3.05, 3.63) is 101 Å². The summed E-state index contributed by atoms with van der Waals surface area (Å²) in [7, 11) is 0. The van der Waals surface area contributed by atoms with E-state index in [9.17, 15) is 14.4 Å². The van der Waals surface area contributed by atoms with E-state index in [2.05, 4.69) is 15.8 Å². The van der Waals surface area contributed by atoms with Crippen LogP contribution >= 0.6 is 11.8 Å². The zero-order valence-electron chi connectivity index (χ0n) is 21.3. The van der Waals surface area contributed by atoms with E-state index < -0.39 is 0 Å². The monoisotopic (exact) mass is 530 g/mol. The lowest BCUT2D eigenvalue weighted by Crippen LogP contribution is -2.34. The number of hydrogen-bond acceptors (Lipinski definition) is 6. The molecule has 3 amide bonds. The SMILES string of the molecule is CC(C)NC(=O)COc1ccc(/C=N\NC(=O)c2ccc([C@@H]3SCC(=O)N3Cc3ccccc3)cc2)cc1. The minimum absolute atomic E-state index is 0.0543. The summed E-state index contributed by atoms with van der Waals surface area (Å²) < 4.78 is 5.46. The summed E-state index contributed by atoms with van der Waals surface area (Å²) in [5.74, 6) is 0.599. The zero-order chi connectivity index (χ0) is 26.9. The van der Waals surface area contributed by atoms with E-state index in [0.717, 1.165) is 16.7 Å². The van der Waals surface area contributed by atoms with Gasteiger partial charge in [0.2, 0.25) is 5.91 Å². The second-order valence-corrected chi connectivity index (χ2v) is 10.1. The molecule has 0 radical (unpaired) electrons. The molecular weight excluding hydrogens is 500 g/mol. The number of hydrogen-bond donors (Lipinski definition) is 2. The molecule has 1 saturated heterocycles. The first-order valence-electron chi connectivity index (χ1n) is 12.3. The molecule has 0 spiro atoms. The largest absolute Gasteiger partial charge is 0.484 e. The Labute approximate surface area is 226 Å². The molecule has 196 valence electrons. The lowest BCUT2D eigenvalue weighted by atomic mass is 10.1. The molecule has 8 nitrogen and oxygen atoms in total. The lowest BCUT2D eigenvalue weighted by molar-refractivity contribution is -0.128. The Hall–Kier alpha value is -4.11. The van der Waals surface area contributed by atoms with E-state index in [1.54, 1.807) is 48.2 Å². The Balaban J connectivity index is 1.29. The summed E-state index contributed by atoms with van der Waals surface area (Å²) in [6, 6.07) is 24.2. The van der Waals surface area contributed by atoms with Crippen LogP contribution in [-0.4, -0.2) is 47.2 Å². The number of ether oxygens (including phenoxy) is 1. The predicted molar refractivity (Wildman–Crippen MR) is 149 cm³/mol. The number of thioether (sulfide) groups is 1. The molecule has 0 aliphatic carbocycles. The minimum Gasteiger partial charge on any atom is -0.484 e. The van der Waals surface area contributed by atoms with Gasteiger partial charge in [-0.1, -0.05) is 42.5 Å². The number of carbonyl (C=O) groups is 3. The van der Waals surface area contributed by atoms with Crippen molar-refractivity contribution in [2.45, 2.75) is 31.8 Å². The van der Waals surface area contributed by atoms with Crippen LogP contribution in [0.25, 0.3) is 0 Å². The highest BCUT2D eigenvalue weighted by Gasteiger charge is 2.32. The number of nitrogens with zero attached hydrogens (tertiary/aromatic N) is 2. The number of amides is 3. The van der Waals surface area contributed by atoms with Gasteiger partial charge in [0.05, 0.1) is 12.0 Å². The van der Waals surface area contributed by atoms with Crippen LogP contribution in [0.3, 0.4) is 0 Å². The molecule has 1 aliphatic rings. The van der Waals surface area contributed by atoms with Crippen molar-refractivity contribution in [1.82, 2.24) is 15.6 Å². The quantitative estimate of drug-likeness (QED) is 0.303. The third-order valence-electron chi connectivity index (χ3n) is 5.70. The number of hydrazone groups is 1. The van der Waals surface area contributed by atoms with Gasteiger partial charge in [0.15, 0.2) is 6.61 Å². The summed E-state index contributed by atoms with van der Waals surface area (Å²) in [5, 5.41) is 6.71. The van der Waals surface area contributed by atoms with Crippen molar-refractivity contribution < 1.29 is 19.1 Å². The molecule has 1 heterocycles. The van der Waals surface area contributed by atoms with Crippen LogP contribution in [0.2, 0.25) is 0 Å². The number of benzene rings is 3. The van der Waals surface area contributed by atoms with Gasteiger partial charge in [0.1, 0.15) is 11.1 Å². The van der Waals surface area contributed by atoms with Gasteiger partial charge in [-0.25, -0.2) is 5.43 Å². The first kappa shape index (κ1) is 26.9. The van der Waals surface area contributed by atoms with Gasteiger partial charge in [-0.05, 0) is 66.9 Å². The summed E-state index contributed by atoms with van der Waals surface area (Å²) in [6.45, 7) is 4.27. The van der Waals surface area contributed by atoms with Crippen molar-refractivity contribution in [3.63, 3.8) is 0 Å². The molecule has 0 unspecified atom stereocenters. The van der Waals surface area contributed by atoms with E-state index >= 15 is 0 Å². The van der Waals surface area contributed by atoms with Crippen LogP contribution in [0.15, 0.2) is 84.0 Å². The fraction of sp³-hybridized carbons (Fsp3) is 0.241. The highest BCUT2D eigenvalue weighted by molar-refractivity contribution is 8.00. The second-order valence-electron chi connectivity index (χ2n) is 9.07. The first-order valence-corrected chi connectivity index (χ1v) is 13.3. The standard InChI is InChI=1S/C29H30N4O4S/c1-20(2)31-26(34)18-37-25-14-8-21(9-15-25)16-30-32-28(36)23-10-12-24(13-11-23)29-33(27(35)19-38-29)17-22-6-4-3-5-7-22/h3-16,20,29H,17-19H2,1-2H3,(H,31,34)(H,32,36)/b30-16-/t29-/m0/s1. The van der Waals surface area contributed by atoms with Gasteiger partial charge in [0, 0.05) is 18.2 Å². The summed E-state index contributed by atoms with van der Waals surface area (Å²) in [4.78, 5) is 38.6. The molecule has 1 fully saturated rings. The highest BCUT2D eigenvalue weighted by atomic mass is 32.2. The van der Waals surface area contributed by atoms with Gasteiger partial charge in [-0.15, -0.1) is 11.8 Å². The average Bonchev–Trinajstić information content (AvgIpc) is 3.28. The molecule has 0 aromatic heterocycles. The summed E-state index contributed by atoms with van der Waals surface area (Å²) in [5.41, 5.74) is 5.82. The van der Waals surface area contributed by atoms with Gasteiger partial charge < -0.3 is 15.0 Å². The van der Waals surface area contributed by atoms with E-state index in [1.165, 1.54) is 6.21 Å². The normalized spacial score (nSPS) is 15.2. The van der Waals surface area contributed by atoms with E-state index in [-0.39, 0.29) is 35.7 Å². The van der Waals surface area contributed by atoms with E-state index in [0.29, 0.717) is 23.6 Å². The molecule has 38 heavy (non-hydrogen) atoms. The Morgan fingerprint density at radius 2 is 1.76 bits per heavy atom. The summed E-state index contributed by atoms with van der Waals surface area (Å²) >= 11 is 1.59. The first-order chi connectivity index (χ1) is 18.4. The van der Waals surface area contributed by atoms with Crippen molar-refractivity contribution in [1.29, 1.82) is 0 Å². The maximum absolute atomic E-state index is 12.6. The molecule has 1 aliphatic heterocycles. The van der Waals surface area contributed by atoms with Crippen molar-refractivity contribution in [3.8, 4) is 5.75 Å². The molecule has 4 rings (SSSR count). The van der Waals surface area contributed by atoms with Crippen LogP contribution < -0.4 is 15.5 Å². The Kier molecular flexibility index (Phi) is 9.16. The summed E-state index contributed by atoms with van der Waals surface area (Å²) in [6.07, 6.45) is 1.53. The maximum atomic E-state index is 12.6. The van der Waals surface area contributed by atoms with Crippen LogP contribution in [0.5, 0.6) is 5.75 Å². The zero-order valence-corrected chi connectivity index (χ0v) is 22.1. The van der Waals surface area contributed by atoms with Crippen molar-refractivity contribution in [2.24, 2.45) is 5.10 Å². The van der Waals surface area contributed by atoms with Gasteiger partial charge in [-0.3, -0.25) is 14.4 Å². The lowest BCUT2D eigenvalue weighted by Gasteiger charge is -2.24. The Bertz CT molecular complexity index is 1280. The van der Waals surface area contributed by atoms with Crippen LogP contribution in [0, 0.1) is 0 Å². The molecule has 3 aromatic rings. The third kappa shape index (κ3) is 7.45. The molecule has 2 N–H and O–H groups in total. The predicted octanol–water partition coefficient (Wildman–Crippen LogP) is 4.13. The molecule has 1 atom stereocenters. The van der Waals surface area contributed by atoms with Crippen LogP contribution in [0.1, 0.15) is 46.3 Å².